The summed E-state index contributed by atoms with van der Waals surface area (Å²) in [6, 6.07) is 20.7. The molecule has 0 unspecified atom stereocenters. The maximum Gasteiger partial charge on any atom is 0.355 e. The maximum atomic E-state index is 13.6. The third kappa shape index (κ3) is 5.11. The Morgan fingerprint density at radius 3 is 2.77 bits per heavy atom. The highest BCUT2D eigenvalue weighted by Crippen LogP contribution is 2.40. The van der Waals surface area contributed by atoms with Crippen molar-refractivity contribution >= 4 is 27.6 Å². The summed E-state index contributed by atoms with van der Waals surface area (Å²) in [6.45, 7) is 5.89. The van der Waals surface area contributed by atoms with Crippen LogP contribution in [-0.4, -0.2) is 46.7 Å². The van der Waals surface area contributed by atoms with Gasteiger partial charge < -0.3 is 23.5 Å². The van der Waals surface area contributed by atoms with Gasteiger partial charge in [0.05, 0.1) is 63.1 Å². The lowest BCUT2D eigenvalue weighted by Crippen LogP contribution is -2.17. The van der Waals surface area contributed by atoms with E-state index in [2.05, 4.69) is 47.0 Å². The molecule has 0 saturated heterocycles. The number of aromatic nitrogens is 3. The molecule has 7 rings (SSSR count). The number of aryl methyl sites for hydroxylation is 1. The predicted molar refractivity (Wildman–Crippen MR) is 165 cm³/mol. The van der Waals surface area contributed by atoms with E-state index >= 15 is 0 Å². The standard InChI is InChI=1S/C35H35N3O5/c1-2-42-35(39)34-27(15-9-20-43-31-16-7-11-24-10-3-4-12-25(24)31)26-13-8-14-28-32-29(36-38-18-21-41-23-30(32)38)22-40-19-6-5-17-37(34)33(26)28/h3-8,10-14,16H,2,9,15,17-23H2,1H3/b6-5-. The van der Waals surface area contributed by atoms with Gasteiger partial charge in [0.15, 0.2) is 0 Å². The predicted octanol–water partition coefficient (Wildman–Crippen LogP) is 6.46. The maximum absolute atomic E-state index is 13.6. The van der Waals surface area contributed by atoms with Gasteiger partial charge in [-0.3, -0.25) is 4.68 Å². The van der Waals surface area contributed by atoms with Crippen molar-refractivity contribution in [3.63, 3.8) is 0 Å². The van der Waals surface area contributed by atoms with Gasteiger partial charge in [-0.2, -0.15) is 5.10 Å². The summed E-state index contributed by atoms with van der Waals surface area (Å²) in [7, 11) is 0. The molecule has 2 aliphatic rings. The zero-order valence-corrected chi connectivity index (χ0v) is 24.4. The minimum absolute atomic E-state index is 0.304. The van der Waals surface area contributed by atoms with Gasteiger partial charge in [-0.1, -0.05) is 66.7 Å². The molecule has 0 aliphatic carbocycles. The second kappa shape index (κ2) is 12.1. The van der Waals surface area contributed by atoms with E-state index in [1.165, 1.54) is 0 Å². The van der Waals surface area contributed by atoms with Gasteiger partial charge in [0.2, 0.25) is 0 Å². The molecule has 0 saturated carbocycles. The molecule has 220 valence electrons. The zero-order valence-electron chi connectivity index (χ0n) is 24.4. The van der Waals surface area contributed by atoms with Gasteiger partial charge in [-0.25, -0.2) is 4.79 Å². The highest BCUT2D eigenvalue weighted by molar-refractivity contribution is 6.05. The summed E-state index contributed by atoms with van der Waals surface area (Å²) in [5.41, 5.74) is 6.58. The Labute approximate surface area is 250 Å². The molecule has 0 N–H and O–H groups in total. The van der Waals surface area contributed by atoms with Gasteiger partial charge in [0.1, 0.15) is 11.4 Å². The van der Waals surface area contributed by atoms with Gasteiger partial charge in [-0.15, -0.1) is 0 Å². The van der Waals surface area contributed by atoms with Crippen LogP contribution >= 0.6 is 0 Å². The summed E-state index contributed by atoms with van der Waals surface area (Å²) in [4.78, 5) is 13.6. The summed E-state index contributed by atoms with van der Waals surface area (Å²) in [5.74, 6) is 0.561. The molecule has 4 heterocycles. The van der Waals surface area contributed by atoms with Crippen molar-refractivity contribution in [2.45, 2.75) is 46.1 Å². The molecule has 0 spiro atoms. The number of hydrogen-bond donors (Lipinski definition) is 0. The van der Waals surface area contributed by atoms with E-state index in [9.17, 15) is 4.79 Å². The fraction of sp³-hybridized carbons (Fsp3) is 0.314. The number of carbonyl (C=O) groups is 1. The summed E-state index contributed by atoms with van der Waals surface area (Å²) in [5, 5.41) is 8.22. The van der Waals surface area contributed by atoms with Crippen molar-refractivity contribution in [1.82, 2.24) is 14.3 Å². The lowest BCUT2D eigenvalue weighted by Gasteiger charge is -2.17. The molecule has 0 amide bonds. The van der Waals surface area contributed by atoms with Crippen LogP contribution in [0.3, 0.4) is 0 Å². The number of hydrogen-bond acceptors (Lipinski definition) is 6. The van der Waals surface area contributed by atoms with Crippen LogP contribution in [0.5, 0.6) is 5.75 Å². The van der Waals surface area contributed by atoms with Crippen LogP contribution in [0.15, 0.2) is 72.8 Å². The molecule has 2 aliphatic heterocycles. The van der Waals surface area contributed by atoms with Crippen LogP contribution in [0.25, 0.3) is 32.8 Å². The van der Waals surface area contributed by atoms with Crippen molar-refractivity contribution in [2.24, 2.45) is 0 Å². The first-order valence-electron chi connectivity index (χ1n) is 15.1. The average molecular weight is 578 g/mol. The van der Waals surface area contributed by atoms with Crippen molar-refractivity contribution < 1.29 is 23.7 Å². The van der Waals surface area contributed by atoms with Crippen LogP contribution in [0, 0.1) is 0 Å². The highest BCUT2D eigenvalue weighted by Gasteiger charge is 2.29. The SMILES string of the molecule is CCOC(=O)c1c(CCCOc2cccc3ccccc23)c2cccc3c2n1C/C=C\COCc1nn2c(c1-3)COCC2. The van der Waals surface area contributed by atoms with Crippen LogP contribution in [0.1, 0.15) is 40.8 Å². The first-order valence-corrected chi connectivity index (χ1v) is 15.1. The molecule has 2 aromatic heterocycles. The quantitative estimate of drug-likeness (QED) is 0.126. The summed E-state index contributed by atoms with van der Waals surface area (Å²) >= 11 is 0. The number of esters is 1. The minimum Gasteiger partial charge on any atom is -0.493 e. The number of para-hydroxylation sites is 1. The largest absolute Gasteiger partial charge is 0.493 e. The van der Waals surface area contributed by atoms with E-state index in [1.54, 1.807) is 0 Å². The third-order valence-corrected chi connectivity index (χ3v) is 8.23. The normalized spacial score (nSPS) is 15.5. The average Bonchev–Trinajstić information content (AvgIpc) is 3.55. The van der Waals surface area contributed by atoms with Gasteiger partial charge >= 0.3 is 5.97 Å². The lowest BCUT2D eigenvalue weighted by atomic mass is 9.98. The smallest absolute Gasteiger partial charge is 0.355 e. The molecule has 3 aromatic carbocycles. The van der Waals surface area contributed by atoms with Crippen LogP contribution in [-0.2, 0) is 46.9 Å². The second-order valence-corrected chi connectivity index (χ2v) is 10.8. The number of nitrogens with zero attached hydrogens (tertiary/aromatic N) is 3. The zero-order chi connectivity index (χ0) is 29.2. The Morgan fingerprint density at radius 2 is 1.84 bits per heavy atom. The number of allylic oxidation sites excluding steroid dienone is 1. The Hall–Kier alpha value is -4.40. The molecule has 8 heteroatoms. The van der Waals surface area contributed by atoms with E-state index in [0.29, 0.717) is 64.8 Å². The molecule has 0 radical (unpaired) electrons. The second-order valence-electron chi connectivity index (χ2n) is 10.8. The first kappa shape index (κ1) is 27.4. The number of fused-ring (bicyclic) bond motifs is 5. The Morgan fingerprint density at radius 1 is 0.977 bits per heavy atom. The fourth-order valence-corrected chi connectivity index (χ4v) is 6.39. The van der Waals surface area contributed by atoms with Crippen molar-refractivity contribution in [2.75, 3.05) is 26.4 Å². The van der Waals surface area contributed by atoms with E-state index in [4.69, 9.17) is 24.0 Å². The third-order valence-electron chi connectivity index (χ3n) is 8.23. The fourth-order valence-electron chi connectivity index (χ4n) is 6.39. The van der Waals surface area contributed by atoms with Crippen LogP contribution in [0.4, 0.5) is 0 Å². The molecule has 5 aromatic rings. The first-order chi connectivity index (χ1) is 21.2. The molecular formula is C35H35N3O5. The molecule has 43 heavy (non-hydrogen) atoms. The highest BCUT2D eigenvalue weighted by atomic mass is 16.5. The Balaban J connectivity index is 1.31. The summed E-state index contributed by atoms with van der Waals surface area (Å²) in [6.07, 6.45) is 5.47. The minimum atomic E-state index is -0.310. The van der Waals surface area contributed by atoms with Crippen molar-refractivity contribution in [1.29, 1.82) is 0 Å². The van der Waals surface area contributed by atoms with Crippen LogP contribution < -0.4 is 4.74 Å². The van der Waals surface area contributed by atoms with E-state index < -0.39 is 0 Å². The van der Waals surface area contributed by atoms with Gasteiger partial charge in [0, 0.05) is 28.4 Å². The van der Waals surface area contributed by atoms with Gasteiger partial charge in [0.25, 0.3) is 0 Å². The number of rotatable bonds is 7. The van der Waals surface area contributed by atoms with Gasteiger partial charge in [-0.05, 0) is 36.8 Å². The van der Waals surface area contributed by atoms with E-state index in [-0.39, 0.29) is 5.97 Å². The number of carbonyl (C=O) groups excluding carboxylic acids is 1. The van der Waals surface area contributed by atoms with Crippen molar-refractivity contribution in [3.8, 4) is 16.9 Å². The molecule has 0 fully saturated rings. The molecule has 0 bridgehead atoms. The van der Waals surface area contributed by atoms with Crippen molar-refractivity contribution in [3.05, 3.63) is 95.5 Å². The Bertz CT molecular complexity index is 1830. The molecule has 8 nitrogen and oxygen atoms in total. The topological polar surface area (TPSA) is 76.7 Å². The Kier molecular flexibility index (Phi) is 7.70. The number of ether oxygens (including phenoxy) is 4. The van der Waals surface area contributed by atoms with E-state index in [0.717, 1.165) is 61.9 Å². The van der Waals surface area contributed by atoms with Crippen LogP contribution in [0.2, 0.25) is 0 Å². The lowest BCUT2D eigenvalue weighted by molar-refractivity contribution is 0.0513. The molecule has 0 atom stereocenters. The number of benzene rings is 3. The molecular weight excluding hydrogens is 542 g/mol. The van der Waals surface area contributed by atoms with E-state index in [1.807, 2.05) is 41.9 Å². The summed E-state index contributed by atoms with van der Waals surface area (Å²) < 4.78 is 28.0. The monoisotopic (exact) mass is 577 g/mol.